The molecule has 0 N–H and O–H groups in total. The van der Waals surface area contributed by atoms with Crippen LogP contribution in [0.2, 0.25) is 0 Å². The second-order valence-corrected chi connectivity index (χ2v) is 7.18. The predicted octanol–water partition coefficient (Wildman–Crippen LogP) is 2.75. The van der Waals surface area contributed by atoms with Gasteiger partial charge in [0.05, 0.1) is 0 Å². The highest BCUT2D eigenvalue weighted by Crippen LogP contribution is 2.34. The van der Waals surface area contributed by atoms with Crippen molar-refractivity contribution in [3.05, 3.63) is 53.6 Å². The average molecular weight is 336 g/mol. The molecule has 1 aliphatic carbocycles. The molecule has 0 bridgehead atoms. The lowest BCUT2D eigenvalue weighted by atomic mass is 10.1. The Bertz CT molecular complexity index is 743. The Hall–Kier alpha value is -2.20. The number of piperazine rings is 1. The fraction of sp³-hybridized carbons (Fsp3) is 0.429. The van der Waals surface area contributed by atoms with Gasteiger partial charge in [0, 0.05) is 44.0 Å². The highest BCUT2D eigenvalue weighted by molar-refractivity contribution is 5.57. The molecule has 2 heterocycles. The summed E-state index contributed by atoms with van der Waals surface area (Å²) in [6.07, 6.45) is 2.42. The van der Waals surface area contributed by atoms with Crippen molar-refractivity contribution < 1.29 is 9.47 Å². The molecule has 25 heavy (non-hydrogen) atoms. The summed E-state index contributed by atoms with van der Waals surface area (Å²) in [4.78, 5) is 5.14. The molecule has 4 heteroatoms. The molecule has 0 unspecified atom stereocenters. The van der Waals surface area contributed by atoms with Crippen LogP contribution in [-0.2, 0) is 12.8 Å². The van der Waals surface area contributed by atoms with Crippen molar-refractivity contribution in [2.75, 3.05) is 44.3 Å². The minimum atomic E-state index is 0.645. The summed E-state index contributed by atoms with van der Waals surface area (Å²) in [5.74, 6) is 1.76. The molecule has 0 atom stereocenters. The Morgan fingerprint density at radius 1 is 0.760 bits per heavy atom. The molecule has 2 aromatic carbocycles. The first-order valence-corrected chi connectivity index (χ1v) is 9.32. The fourth-order valence-corrected chi connectivity index (χ4v) is 4.37. The van der Waals surface area contributed by atoms with E-state index in [1.54, 1.807) is 11.1 Å². The zero-order chi connectivity index (χ0) is 16.6. The predicted molar refractivity (Wildman–Crippen MR) is 98.9 cm³/mol. The van der Waals surface area contributed by atoms with Gasteiger partial charge in [0.15, 0.2) is 11.5 Å². The maximum absolute atomic E-state index is 5.73. The van der Waals surface area contributed by atoms with Gasteiger partial charge in [0.2, 0.25) is 0 Å². The van der Waals surface area contributed by atoms with Crippen molar-refractivity contribution in [3.8, 4) is 11.5 Å². The first-order chi connectivity index (χ1) is 12.4. The number of fused-ring (bicyclic) bond motifs is 2. The summed E-state index contributed by atoms with van der Waals surface area (Å²) in [5.41, 5.74) is 4.34. The largest absolute Gasteiger partial charge is 0.486 e. The minimum absolute atomic E-state index is 0.645. The van der Waals surface area contributed by atoms with Crippen LogP contribution in [0.25, 0.3) is 0 Å². The molecule has 0 spiro atoms. The number of hydrogen-bond acceptors (Lipinski definition) is 4. The second kappa shape index (κ2) is 6.26. The standard InChI is InChI=1S/C21H24N2O2/c1-2-4-17-14-19(13-16(17)3-1)23-9-7-22(8-10-23)18-5-6-20-21(15-18)25-12-11-24-20/h1-6,15,19H,7-14H2. The van der Waals surface area contributed by atoms with Crippen molar-refractivity contribution in [2.45, 2.75) is 18.9 Å². The maximum atomic E-state index is 5.73. The second-order valence-electron chi connectivity index (χ2n) is 7.18. The van der Waals surface area contributed by atoms with Gasteiger partial charge in [0.25, 0.3) is 0 Å². The van der Waals surface area contributed by atoms with Crippen LogP contribution in [0.15, 0.2) is 42.5 Å². The summed E-state index contributed by atoms with van der Waals surface area (Å²) < 4.78 is 11.4. The van der Waals surface area contributed by atoms with Crippen LogP contribution in [-0.4, -0.2) is 50.3 Å². The molecule has 1 saturated heterocycles. The van der Waals surface area contributed by atoms with Crippen molar-refractivity contribution in [1.29, 1.82) is 0 Å². The Balaban J connectivity index is 1.23. The van der Waals surface area contributed by atoms with Crippen LogP contribution in [0.1, 0.15) is 11.1 Å². The SMILES string of the molecule is c1ccc2c(c1)CC(N1CCN(c3ccc4c(c3)OCCO4)CC1)C2. The van der Waals surface area contributed by atoms with E-state index in [4.69, 9.17) is 9.47 Å². The van der Waals surface area contributed by atoms with E-state index >= 15 is 0 Å². The third kappa shape index (κ3) is 2.85. The maximum Gasteiger partial charge on any atom is 0.163 e. The number of ether oxygens (including phenoxy) is 2. The molecule has 1 fully saturated rings. The van der Waals surface area contributed by atoms with Crippen molar-refractivity contribution in [1.82, 2.24) is 4.90 Å². The summed E-state index contributed by atoms with van der Waals surface area (Å²) in [6.45, 7) is 5.71. The first kappa shape index (κ1) is 15.1. The van der Waals surface area contributed by atoms with Crippen LogP contribution >= 0.6 is 0 Å². The number of rotatable bonds is 2. The Morgan fingerprint density at radius 2 is 1.44 bits per heavy atom. The van der Waals surface area contributed by atoms with Crippen LogP contribution in [0.5, 0.6) is 11.5 Å². The van der Waals surface area contributed by atoms with Gasteiger partial charge in [-0.25, -0.2) is 0 Å². The fourth-order valence-electron chi connectivity index (χ4n) is 4.37. The van der Waals surface area contributed by atoms with E-state index in [1.807, 2.05) is 6.07 Å². The van der Waals surface area contributed by atoms with Gasteiger partial charge < -0.3 is 14.4 Å². The first-order valence-electron chi connectivity index (χ1n) is 9.32. The number of anilines is 1. The van der Waals surface area contributed by atoms with Crippen LogP contribution < -0.4 is 14.4 Å². The molecule has 2 aliphatic heterocycles. The van der Waals surface area contributed by atoms with E-state index in [0.717, 1.165) is 37.7 Å². The van der Waals surface area contributed by atoms with Crippen molar-refractivity contribution >= 4 is 5.69 Å². The van der Waals surface area contributed by atoms with Crippen molar-refractivity contribution in [3.63, 3.8) is 0 Å². The molecule has 5 rings (SSSR count). The van der Waals surface area contributed by atoms with Gasteiger partial charge in [-0.3, -0.25) is 4.90 Å². The molecular weight excluding hydrogens is 312 g/mol. The van der Waals surface area contributed by atoms with E-state index in [-0.39, 0.29) is 0 Å². The summed E-state index contributed by atoms with van der Waals surface area (Å²) >= 11 is 0. The summed E-state index contributed by atoms with van der Waals surface area (Å²) in [7, 11) is 0. The highest BCUT2D eigenvalue weighted by atomic mass is 16.6. The molecule has 3 aliphatic rings. The molecule has 0 amide bonds. The normalized spacial score (nSPS) is 20.6. The quantitative estimate of drug-likeness (QED) is 0.842. The van der Waals surface area contributed by atoms with Crippen LogP contribution in [0.4, 0.5) is 5.69 Å². The number of hydrogen-bond donors (Lipinski definition) is 0. The van der Waals surface area contributed by atoms with E-state index < -0.39 is 0 Å². The third-order valence-electron chi connectivity index (χ3n) is 5.75. The van der Waals surface area contributed by atoms with E-state index in [9.17, 15) is 0 Å². The Kier molecular flexibility index (Phi) is 3.78. The zero-order valence-electron chi connectivity index (χ0n) is 14.5. The number of benzene rings is 2. The van der Waals surface area contributed by atoms with Gasteiger partial charge in [-0.15, -0.1) is 0 Å². The third-order valence-corrected chi connectivity index (χ3v) is 5.75. The zero-order valence-corrected chi connectivity index (χ0v) is 14.5. The van der Waals surface area contributed by atoms with E-state index in [1.165, 1.54) is 18.5 Å². The molecule has 130 valence electrons. The Labute approximate surface area is 149 Å². The van der Waals surface area contributed by atoms with Crippen LogP contribution in [0.3, 0.4) is 0 Å². The average Bonchev–Trinajstić information content (AvgIpc) is 3.12. The Morgan fingerprint density at radius 3 is 2.16 bits per heavy atom. The smallest absolute Gasteiger partial charge is 0.163 e. The minimum Gasteiger partial charge on any atom is -0.486 e. The van der Waals surface area contributed by atoms with Gasteiger partial charge in [-0.1, -0.05) is 24.3 Å². The molecule has 0 radical (unpaired) electrons. The molecule has 2 aromatic rings. The van der Waals surface area contributed by atoms with Gasteiger partial charge >= 0.3 is 0 Å². The number of nitrogens with zero attached hydrogens (tertiary/aromatic N) is 2. The molecular formula is C21H24N2O2. The van der Waals surface area contributed by atoms with Gasteiger partial charge in [-0.2, -0.15) is 0 Å². The van der Waals surface area contributed by atoms with E-state index in [0.29, 0.717) is 19.3 Å². The van der Waals surface area contributed by atoms with Crippen molar-refractivity contribution in [2.24, 2.45) is 0 Å². The lowest BCUT2D eigenvalue weighted by molar-refractivity contribution is 0.171. The lowest BCUT2D eigenvalue weighted by Gasteiger charge is -2.39. The molecule has 0 saturated carbocycles. The highest BCUT2D eigenvalue weighted by Gasteiger charge is 2.29. The topological polar surface area (TPSA) is 24.9 Å². The van der Waals surface area contributed by atoms with E-state index in [2.05, 4.69) is 46.2 Å². The molecule has 4 nitrogen and oxygen atoms in total. The summed E-state index contributed by atoms with van der Waals surface area (Å²) in [6, 6.07) is 15.9. The monoisotopic (exact) mass is 336 g/mol. The van der Waals surface area contributed by atoms with Gasteiger partial charge in [-0.05, 0) is 36.1 Å². The molecule has 0 aromatic heterocycles. The lowest BCUT2D eigenvalue weighted by Crippen LogP contribution is -2.50. The summed E-state index contributed by atoms with van der Waals surface area (Å²) in [5, 5.41) is 0. The van der Waals surface area contributed by atoms with Crippen LogP contribution in [0, 0.1) is 0 Å². The van der Waals surface area contributed by atoms with Gasteiger partial charge in [0.1, 0.15) is 13.2 Å².